The summed E-state index contributed by atoms with van der Waals surface area (Å²) in [4.78, 5) is 23.9. The van der Waals surface area contributed by atoms with Crippen molar-refractivity contribution in [3.05, 3.63) is 35.6 Å². The van der Waals surface area contributed by atoms with Crippen LogP contribution in [-0.4, -0.2) is 28.4 Å². The van der Waals surface area contributed by atoms with Crippen molar-refractivity contribution in [1.82, 2.24) is 4.90 Å². The fraction of sp³-hybridized carbons (Fsp3) is 0.333. The number of carboxylic acid groups (broad SMARTS) is 1. The van der Waals surface area contributed by atoms with Crippen LogP contribution in [0.2, 0.25) is 0 Å². The highest BCUT2D eigenvalue weighted by atomic mass is 16.4. The number of allylic oxidation sites excluding steroid dienone is 4. The molecule has 0 aromatic rings. The number of hydrogen-bond acceptors (Lipinski definition) is 2. The number of aliphatic carboxylic acids is 1. The van der Waals surface area contributed by atoms with Gasteiger partial charge in [0.05, 0.1) is 0 Å². The molecule has 2 aliphatic rings. The summed E-state index contributed by atoms with van der Waals surface area (Å²) >= 11 is 0. The molecule has 0 saturated heterocycles. The molecule has 84 valence electrons. The Morgan fingerprint density at radius 3 is 3.00 bits per heavy atom. The Morgan fingerprint density at radius 1 is 1.44 bits per heavy atom. The summed E-state index contributed by atoms with van der Waals surface area (Å²) in [5.74, 6) is -1.10. The maximum Gasteiger partial charge on any atom is 0.323 e. The average Bonchev–Trinajstić information content (AvgIpc) is 2.40. The summed E-state index contributed by atoms with van der Waals surface area (Å²) < 4.78 is 0. The Balaban J connectivity index is 2.32. The minimum Gasteiger partial charge on any atom is -0.480 e. The van der Waals surface area contributed by atoms with Gasteiger partial charge in [-0.3, -0.25) is 9.59 Å². The second-order valence-corrected chi connectivity index (χ2v) is 3.80. The standard InChI is InChI=1S/C12H13NO3/c14-11-7-3-5-9-4-1-2-6-10(9)13(11)8-12(15)16/h1,4-6H,2-3,7-8H2,(H,15,16). The zero-order valence-electron chi connectivity index (χ0n) is 8.85. The first-order valence-corrected chi connectivity index (χ1v) is 5.28. The van der Waals surface area contributed by atoms with Crippen LogP contribution >= 0.6 is 0 Å². The van der Waals surface area contributed by atoms with Gasteiger partial charge in [0, 0.05) is 12.1 Å². The third-order valence-corrected chi connectivity index (χ3v) is 2.65. The largest absolute Gasteiger partial charge is 0.480 e. The maximum atomic E-state index is 11.8. The van der Waals surface area contributed by atoms with E-state index in [9.17, 15) is 9.59 Å². The zero-order chi connectivity index (χ0) is 11.5. The van der Waals surface area contributed by atoms with Crippen LogP contribution in [0.5, 0.6) is 0 Å². The van der Waals surface area contributed by atoms with Crippen LogP contribution in [0.15, 0.2) is 35.6 Å². The third-order valence-electron chi connectivity index (χ3n) is 2.65. The number of fused-ring (bicyclic) bond motifs is 1. The highest BCUT2D eigenvalue weighted by molar-refractivity contribution is 5.85. The quantitative estimate of drug-likeness (QED) is 0.765. The van der Waals surface area contributed by atoms with Crippen molar-refractivity contribution in [1.29, 1.82) is 0 Å². The number of nitrogens with zero attached hydrogens (tertiary/aromatic N) is 1. The molecule has 0 aromatic carbocycles. The van der Waals surface area contributed by atoms with Gasteiger partial charge in [0.1, 0.15) is 6.54 Å². The predicted molar refractivity (Wildman–Crippen MR) is 58.5 cm³/mol. The molecule has 1 aliphatic heterocycles. The topological polar surface area (TPSA) is 57.6 Å². The highest BCUT2D eigenvalue weighted by Crippen LogP contribution is 2.26. The van der Waals surface area contributed by atoms with Crippen molar-refractivity contribution in [2.75, 3.05) is 6.54 Å². The molecule has 0 fully saturated rings. The highest BCUT2D eigenvalue weighted by Gasteiger charge is 2.24. The lowest BCUT2D eigenvalue weighted by molar-refractivity contribution is -0.142. The van der Waals surface area contributed by atoms with Gasteiger partial charge in [-0.2, -0.15) is 0 Å². The molecule has 0 atom stereocenters. The number of carbonyl (C=O) groups is 2. The molecule has 1 aliphatic carbocycles. The van der Waals surface area contributed by atoms with Gasteiger partial charge in [-0.25, -0.2) is 0 Å². The molecule has 4 nitrogen and oxygen atoms in total. The van der Waals surface area contributed by atoms with Crippen molar-refractivity contribution >= 4 is 11.9 Å². The normalized spacial score (nSPS) is 19.8. The van der Waals surface area contributed by atoms with Gasteiger partial charge in [-0.15, -0.1) is 0 Å². The predicted octanol–water partition coefficient (Wildman–Crippen LogP) is 1.46. The minimum absolute atomic E-state index is 0.116. The Bertz CT molecular complexity index is 418. The molecule has 16 heavy (non-hydrogen) atoms. The van der Waals surface area contributed by atoms with Crippen molar-refractivity contribution in [3.8, 4) is 0 Å². The van der Waals surface area contributed by atoms with Gasteiger partial charge in [-0.1, -0.05) is 24.3 Å². The van der Waals surface area contributed by atoms with E-state index in [1.807, 2.05) is 24.3 Å². The van der Waals surface area contributed by atoms with E-state index in [4.69, 9.17) is 5.11 Å². The number of rotatable bonds is 2. The van der Waals surface area contributed by atoms with Crippen LogP contribution < -0.4 is 0 Å². The van der Waals surface area contributed by atoms with E-state index >= 15 is 0 Å². The first-order chi connectivity index (χ1) is 7.68. The van der Waals surface area contributed by atoms with Gasteiger partial charge in [0.25, 0.3) is 0 Å². The Hall–Kier alpha value is -1.84. The third kappa shape index (κ3) is 2.05. The second-order valence-electron chi connectivity index (χ2n) is 3.80. The van der Waals surface area contributed by atoms with E-state index in [1.54, 1.807) is 0 Å². The molecule has 0 bridgehead atoms. The summed E-state index contributed by atoms with van der Waals surface area (Å²) in [6.45, 7) is -0.254. The first-order valence-electron chi connectivity index (χ1n) is 5.28. The van der Waals surface area contributed by atoms with Gasteiger partial charge in [-0.05, 0) is 18.4 Å². The number of hydrogen-bond donors (Lipinski definition) is 1. The molecule has 0 unspecified atom stereocenters. The molecular formula is C12H13NO3. The molecular weight excluding hydrogens is 206 g/mol. The molecule has 0 aromatic heterocycles. The van der Waals surface area contributed by atoms with E-state index in [-0.39, 0.29) is 12.5 Å². The molecule has 0 spiro atoms. The number of carbonyl (C=O) groups excluding carboxylic acids is 1. The summed E-state index contributed by atoms with van der Waals surface area (Å²) in [5, 5.41) is 8.81. The van der Waals surface area contributed by atoms with Gasteiger partial charge in [0.2, 0.25) is 5.91 Å². The van der Waals surface area contributed by atoms with Crippen molar-refractivity contribution in [2.24, 2.45) is 0 Å². The van der Waals surface area contributed by atoms with Crippen LogP contribution in [0.3, 0.4) is 0 Å². The van der Waals surface area contributed by atoms with Crippen molar-refractivity contribution in [2.45, 2.75) is 19.3 Å². The lowest BCUT2D eigenvalue weighted by atomic mass is 10.0. The van der Waals surface area contributed by atoms with Gasteiger partial charge < -0.3 is 10.0 Å². The number of amides is 1. The molecule has 0 saturated carbocycles. The Labute approximate surface area is 93.6 Å². The minimum atomic E-state index is -0.981. The van der Waals surface area contributed by atoms with E-state index < -0.39 is 5.97 Å². The Morgan fingerprint density at radius 2 is 2.25 bits per heavy atom. The fourth-order valence-corrected chi connectivity index (χ4v) is 1.95. The molecule has 1 amide bonds. The summed E-state index contributed by atoms with van der Waals surface area (Å²) in [6.07, 6.45) is 9.64. The molecule has 2 rings (SSSR count). The number of carboxylic acids is 1. The molecule has 0 radical (unpaired) electrons. The fourth-order valence-electron chi connectivity index (χ4n) is 1.95. The molecule has 1 heterocycles. The summed E-state index contributed by atoms with van der Waals surface area (Å²) in [5.41, 5.74) is 1.70. The van der Waals surface area contributed by atoms with E-state index in [2.05, 4.69) is 0 Å². The average molecular weight is 219 g/mol. The SMILES string of the molecule is O=C(O)CN1C(=O)CCC=C2C=CCC=C21. The smallest absolute Gasteiger partial charge is 0.323 e. The Kier molecular flexibility index (Phi) is 2.90. The lowest BCUT2D eigenvalue weighted by Gasteiger charge is -2.24. The van der Waals surface area contributed by atoms with Gasteiger partial charge in [0.15, 0.2) is 0 Å². The monoisotopic (exact) mass is 219 g/mol. The second kappa shape index (κ2) is 4.35. The van der Waals surface area contributed by atoms with Crippen LogP contribution in [0.1, 0.15) is 19.3 Å². The molecule has 4 heteroatoms. The van der Waals surface area contributed by atoms with Crippen LogP contribution in [0.4, 0.5) is 0 Å². The van der Waals surface area contributed by atoms with Crippen LogP contribution in [-0.2, 0) is 9.59 Å². The van der Waals surface area contributed by atoms with Crippen molar-refractivity contribution < 1.29 is 14.7 Å². The van der Waals surface area contributed by atoms with Crippen molar-refractivity contribution in [3.63, 3.8) is 0 Å². The van der Waals surface area contributed by atoms with E-state index in [0.717, 1.165) is 17.7 Å². The molecule has 1 N–H and O–H groups in total. The lowest BCUT2D eigenvalue weighted by Crippen LogP contribution is -2.34. The summed E-state index contributed by atoms with van der Waals surface area (Å²) in [7, 11) is 0. The van der Waals surface area contributed by atoms with Gasteiger partial charge >= 0.3 is 5.97 Å². The van der Waals surface area contributed by atoms with E-state index in [0.29, 0.717) is 12.8 Å². The van der Waals surface area contributed by atoms with E-state index in [1.165, 1.54) is 4.90 Å². The van der Waals surface area contributed by atoms with Crippen LogP contribution in [0.25, 0.3) is 0 Å². The van der Waals surface area contributed by atoms with Crippen LogP contribution in [0, 0.1) is 0 Å². The summed E-state index contributed by atoms with van der Waals surface area (Å²) in [6, 6.07) is 0. The maximum absolute atomic E-state index is 11.8. The zero-order valence-corrected chi connectivity index (χ0v) is 8.85. The first kappa shape index (κ1) is 10.7.